The molecule has 0 bridgehead atoms. The van der Waals surface area contributed by atoms with Gasteiger partial charge in [0, 0.05) is 39.9 Å². The van der Waals surface area contributed by atoms with Crippen LogP contribution in [-0.4, -0.2) is 19.1 Å². The van der Waals surface area contributed by atoms with E-state index in [1.54, 1.807) is 12.1 Å². The SMILES string of the molecule is CCOc1cc(CNc2cccc(C(=O)NCC(C)C)c2)ccc1OCc1ccc(Cl)cc1Cl. The second-order valence-electron chi connectivity index (χ2n) is 8.28. The number of carbonyl (C=O) groups is 1. The Bertz CT molecular complexity index is 1120. The molecule has 0 heterocycles. The van der Waals surface area contributed by atoms with E-state index in [-0.39, 0.29) is 5.91 Å². The lowest BCUT2D eigenvalue weighted by molar-refractivity contribution is 0.0949. The van der Waals surface area contributed by atoms with Crippen LogP contribution in [0, 0.1) is 5.92 Å². The number of hydrogen-bond acceptors (Lipinski definition) is 4. The predicted molar refractivity (Wildman–Crippen MR) is 139 cm³/mol. The molecule has 7 heteroatoms. The maximum absolute atomic E-state index is 12.3. The summed E-state index contributed by atoms with van der Waals surface area (Å²) in [5.41, 5.74) is 3.37. The molecule has 180 valence electrons. The number of amides is 1. The highest BCUT2D eigenvalue weighted by atomic mass is 35.5. The molecular formula is C27H30Cl2N2O3. The van der Waals surface area contributed by atoms with Gasteiger partial charge in [-0.1, -0.05) is 55.2 Å². The zero-order chi connectivity index (χ0) is 24.5. The highest BCUT2D eigenvalue weighted by Gasteiger charge is 2.10. The first-order chi connectivity index (χ1) is 16.4. The molecule has 0 atom stereocenters. The average molecular weight is 501 g/mol. The summed E-state index contributed by atoms with van der Waals surface area (Å²) >= 11 is 12.2. The van der Waals surface area contributed by atoms with Crippen LogP contribution < -0.4 is 20.1 Å². The van der Waals surface area contributed by atoms with Crippen molar-refractivity contribution in [3.05, 3.63) is 87.4 Å². The number of ether oxygens (including phenoxy) is 2. The standard InChI is InChI=1S/C27H30Cl2N2O3/c1-4-33-26-12-19(8-11-25(26)34-17-21-9-10-22(28)14-24(21)29)16-30-23-7-5-6-20(13-23)27(32)31-15-18(2)3/h5-14,18,30H,4,15-17H2,1-3H3,(H,31,32). The van der Waals surface area contributed by atoms with Gasteiger partial charge in [0.25, 0.3) is 5.91 Å². The van der Waals surface area contributed by atoms with Gasteiger partial charge in [-0.15, -0.1) is 0 Å². The van der Waals surface area contributed by atoms with Crippen LogP contribution in [0.25, 0.3) is 0 Å². The Balaban J connectivity index is 1.65. The van der Waals surface area contributed by atoms with E-state index >= 15 is 0 Å². The fourth-order valence-electron chi connectivity index (χ4n) is 3.22. The van der Waals surface area contributed by atoms with E-state index in [0.717, 1.165) is 16.8 Å². The summed E-state index contributed by atoms with van der Waals surface area (Å²) in [5.74, 6) is 1.63. The van der Waals surface area contributed by atoms with Crippen molar-refractivity contribution >= 4 is 34.8 Å². The van der Waals surface area contributed by atoms with E-state index < -0.39 is 0 Å². The molecule has 0 aliphatic rings. The lowest BCUT2D eigenvalue weighted by Crippen LogP contribution is -2.27. The molecule has 0 radical (unpaired) electrons. The maximum Gasteiger partial charge on any atom is 0.251 e. The maximum atomic E-state index is 12.3. The summed E-state index contributed by atoms with van der Waals surface area (Å²) in [7, 11) is 0. The molecular weight excluding hydrogens is 471 g/mol. The number of anilines is 1. The fourth-order valence-corrected chi connectivity index (χ4v) is 3.68. The van der Waals surface area contributed by atoms with E-state index in [0.29, 0.717) is 59.3 Å². The van der Waals surface area contributed by atoms with Crippen LogP contribution in [0.4, 0.5) is 5.69 Å². The lowest BCUT2D eigenvalue weighted by Gasteiger charge is -2.15. The quantitative estimate of drug-likeness (QED) is 0.298. The monoisotopic (exact) mass is 500 g/mol. The zero-order valence-electron chi connectivity index (χ0n) is 19.7. The summed E-state index contributed by atoms with van der Waals surface area (Å²) in [4.78, 5) is 12.3. The van der Waals surface area contributed by atoms with Crippen LogP contribution in [0.2, 0.25) is 10.0 Å². The molecule has 0 aliphatic carbocycles. The van der Waals surface area contributed by atoms with E-state index in [2.05, 4.69) is 24.5 Å². The first-order valence-corrected chi connectivity index (χ1v) is 12.1. The molecule has 0 unspecified atom stereocenters. The first-order valence-electron chi connectivity index (χ1n) is 11.3. The number of carbonyl (C=O) groups excluding carboxylic acids is 1. The topological polar surface area (TPSA) is 59.6 Å². The minimum atomic E-state index is -0.0710. The normalized spacial score (nSPS) is 10.8. The molecule has 1 amide bonds. The molecule has 3 aromatic rings. The van der Waals surface area contributed by atoms with Gasteiger partial charge in [0.05, 0.1) is 6.61 Å². The molecule has 5 nitrogen and oxygen atoms in total. The Morgan fingerprint density at radius 3 is 2.53 bits per heavy atom. The number of hydrogen-bond donors (Lipinski definition) is 2. The fraction of sp³-hybridized carbons (Fsp3) is 0.296. The Labute approximate surface area is 211 Å². The second kappa shape index (κ2) is 12.5. The molecule has 3 aromatic carbocycles. The zero-order valence-corrected chi connectivity index (χ0v) is 21.2. The Morgan fingerprint density at radius 1 is 0.971 bits per heavy atom. The molecule has 3 rings (SSSR count). The van der Waals surface area contributed by atoms with Crippen molar-refractivity contribution in [2.45, 2.75) is 33.9 Å². The van der Waals surface area contributed by atoms with E-state index in [1.165, 1.54) is 0 Å². The molecule has 2 N–H and O–H groups in total. The van der Waals surface area contributed by atoms with Gasteiger partial charge in [0.15, 0.2) is 11.5 Å². The molecule has 0 saturated heterocycles. The third kappa shape index (κ3) is 7.57. The average Bonchev–Trinajstić information content (AvgIpc) is 2.82. The van der Waals surface area contributed by atoms with Crippen molar-refractivity contribution in [3.8, 4) is 11.5 Å². The summed E-state index contributed by atoms with van der Waals surface area (Å²) in [6.07, 6.45) is 0. The highest BCUT2D eigenvalue weighted by molar-refractivity contribution is 6.35. The third-order valence-corrected chi connectivity index (χ3v) is 5.59. The Hall–Kier alpha value is -2.89. The largest absolute Gasteiger partial charge is 0.490 e. The number of benzene rings is 3. The van der Waals surface area contributed by atoms with E-state index in [1.807, 2.05) is 55.5 Å². The van der Waals surface area contributed by atoms with Crippen LogP contribution in [0.5, 0.6) is 11.5 Å². The van der Waals surface area contributed by atoms with E-state index in [4.69, 9.17) is 32.7 Å². The van der Waals surface area contributed by atoms with Gasteiger partial charge < -0.3 is 20.1 Å². The predicted octanol–water partition coefficient (Wildman–Crippen LogP) is 6.97. The van der Waals surface area contributed by atoms with Gasteiger partial charge in [-0.2, -0.15) is 0 Å². The third-order valence-electron chi connectivity index (χ3n) is 5.00. The van der Waals surface area contributed by atoms with Crippen molar-refractivity contribution in [3.63, 3.8) is 0 Å². The highest BCUT2D eigenvalue weighted by Crippen LogP contribution is 2.31. The molecule has 0 spiro atoms. The summed E-state index contributed by atoms with van der Waals surface area (Å²) in [6, 6.07) is 18.6. The second-order valence-corrected chi connectivity index (χ2v) is 9.12. The van der Waals surface area contributed by atoms with E-state index in [9.17, 15) is 4.79 Å². The molecule has 0 aliphatic heterocycles. The molecule has 34 heavy (non-hydrogen) atoms. The van der Waals surface area contributed by atoms with Crippen LogP contribution in [0.15, 0.2) is 60.7 Å². The Kier molecular flexibility index (Phi) is 9.49. The van der Waals surface area contributed by atoms with Crippen LogP contribution in [-0.2, 0) is 13.2 Å². The van der Waals surface area contributed by atoms with Crippen molar-refractivity contribution in [1.82, 2.24) is 5.32 Å². The lowest BCUT2D eigenvalue weighted by atomic mass is 10.1. The van der Waals surface area contributed by atoms with Gasteiger partial charge in [-0.3, -0.25) is 4.79 Å². The molecule has 0 saturated carbocycles. The van der Waals surface area contributed by atoms with Crippen LogP contribution in [0.1, 0.15) is 42.3 Å². The minimum absolute atomic E-state index is 0.0710. The van der Waals surface area contributed by atoms with Gasteiger partial charge in [0.1, 0.15) is 6.61 Å². The molecule has 0 fully saturated rings. The summed E-state index contributed by atoms with van der Waals surface area (Å²) in [6.45, 7) is 8.11. The summed E-state index contributed by atoms with van der Waals surface area (Å²) in [5, 5.41) is 7.47. The van der Waals surface area contributed by atoms with Crippen molar-refractivity contribution < 1.29 is 14.3 Å². The van der Waals surface area contributed by atoms with Crippen molar-refractivity contribution in [1.29, 1.82) is 0 Å². The minimum Gasteiger partial charge on any atom is -0.490 e. The smallest absolute Gasteiger partial charge is 0.251 e. The van der Waals surface area contributed by atoms with Crippen LogP contribution in [0.3, 0.4) is 0 Å². The van der Waals surface area contributed by atoms with Crippen molar-refractivity contribution in [2.75, 3.05) is 18.5 Å². The van der Waals surface area contributed by atoms with Gasteiger partial charge in [0.2, 0.25) is 0 Å². The van der Waals surface area contributed by atoms with Gasteiger partial charge >= 0.3 is 0 Å². The van der Waals surface area contributed by atoms with Crippen LogP contribution >= 0.6 is 23.2 Å². The summed E-state index contributed by atoms with van der Waals surface area (Å²) < 4.78 is 11.8. The van der Waals surface area contributed by atoms with Gasteiger partial charge in [-0.25, -0.2) is 0 Å². The molecule has 0 aromatic heterocycles. The number of nitrogens with one attached hydrogen (secondary N) is 2. The first kappa shape index (κ1) is 25.7. The number of rotatable bonds is 11. The number of halogens is 2. The van der Waals surface area contributed by atoms with Gasteiger partial charge in [-0.05, 0) is 60.9 Å². The van der Waals surface area contributed by atoms with Crippen molar-refractivity contribution in [2.24, 2.45) is 5.92 Å². The Morgan fingerprint density at radius 2 is 1.79 bits per heavy atom.